The third-order valence-electron chi connectivity index (χ3n) is 6.88. The van der Waals surface area contributed by atoms with E-state index in [-0.39, 0.29) is 35.6 Å². The fourth-order valence-corrected chi connectivity index (χ4v) is 4.78. The molecule has 0 saturated heterocycles. The highest BCUT2D eigenvalue weighted by molar-refractivity contribution is 5.97. The van der Waals surface area contributed by atoms with Gasteiger partial charge in [-0.25, -0.2) is 24.0 Å². The Labute approximate surface area is 232 Å². The van der Waals surface area contributed by atoms with E-state index >= 15 is 0 Å². The molecule has 0 bridgehead atoms. The van der Waals surface area contributed by atoms with Gasteiger partial charge in [-0.3, -0.25) is 9.59 Å². The minimum Gasteiger partial charge on any atom is -0.347 e. The zero-order chi connectivity index (χ0) is 29.3. The van der Waals surface area contributed by atoms with Crippen LogP contribution in [-0.4, -0.2) is 36.5 Å². The first-order valence-corrected chi connectivity index (χ1v) is 12.8. The van der Waals surface area contributed by atoms with Crippen molar-refractivity contribution in [2.24, 2.45) is 7.05 Å². The number of aryl methyl sites for hydroxylation is 3. The number of benzene rings is 2. The maximum absolute atomic E-state index is 13.7. The molecule has 0 saturated carbocycles. The van der Waals surface area contributed by atoms with E-state index in [1.54, 1.807) is 30.3 Å². The van der Waals surface area contributed by atoms with Gasteiger partial charge >= 0.3 is 6.18 Å². The van der Waals surface area contributed by atoms with E-state index in [4.69, 9.17) is 0 Å². The molecule has 0 spiro atoms. The average Bonchev–Trinajstić information content (AvgIpc) is 3.55. The van der Waals surface area contributed by atoms with Crippen LogP contribution in [0.2, 0.25) is 0 Å². The van der Waals surface area contributed by atoms with E-state index in [1.165, 1.54) is 19.2 Å². The number of hydrogen-bond acceptors (Lipinski definition) is 6. The molecular weight excluding hydrogens is 542 g/mol. The average molecular weight is 568 g/mol. The molecule has 1 atom stereocenters. The van der Waals surface area contributed by atoms with Gasteiger partial charge in [0.15, 0.2) is 5.82 Å². The van der Waals surface area contributed by atoms with Crippen LogP contribution in [0.4, 0.5) is 17.6 Å². The van der Waals surface area contributed by atoms with Crippen molar-refractivity contribution in [3.05, 3.63) is 94.1 Å². The Kier molecular flexibility index (Phi) is 7.52. The second kappa shape index (κ2) is 11.1. The Balaban J connectivity index is 1.25. The molecule has 41 heavy (non-hydrogen) atoms. The number of carbonyl (C=O) groups excluding carboxylic acids is 2. The van der Waals surface area contributed by atoms with Crippen LogP contribution in [0.1, 0.15) is 68.4 Å². The number of alkyl halides is 3. The number of amides is 2. The van der Waals surface area contributed by atoms with Crippen LogP contribution >= 0.6 is 0 Å². The molecule has 5 rings (SSSR count). The summed E-state index contributed by atoms with van der Waals surface area (Å²) in [6.07, 6.45) is -1.80. The van der Waals surface area contributed by atoms with Gasteiger partial charge in [0, 0.05) is 25.2 Å². The number of rotatable bonds is 7. The molecule has 212 valence electrons. The van der Waals surface area contributed by atoms with E-state index < -0.39 is 23.8 Å². The lowest BCUT2D eigenvalue weighted by molar-refractivity contribution is -0.147. The minimum atomic E-state index is -4.62. The van der Waals surface area contributed by atoms with E-state index in [9.17, 15) is 27.2 Å². The molecule has 2 heterocycles. The van der Waals surface area contributed by atoms with E-state index in [0.717, 1.165) is 23.0 Å². The standard InChI is InChI=1S/C28H25F4N7O2/c1-3-16-10-15(4-8-20(16)29)13-33-25(40)22-12-23(35-14-34-22)26(41)36-21-9-6-17-11-18(5-7-19(17)21)24-37-27(28(30,31)32)39(2)38-24/h4-5,7-8,10-12,14,21H,3,6,9,13H2,1-2H3,(H,33,40)(H,36,41)/t21-/m0/s1. The summed E-state index contributed by atoms with van der Waals surface area (Å²) in [4.78, 5) is 37.3. The van der Waals surface area contributed by atoms with Gasteiger partial charge in [-0.15, -0.1) is 0 Å². The predicted octanol–water partition coefficient (Wildman–Crippen LogP) is 4.34. The molecule has 0 radical (unpaired) electrons. The Morgan fingerprint density at radius 1 is 1.05 bits per heavy atom. The van der Waals surface area contributed by atoms with E-state index in [2.05, 4.69) is 30.7 Å². The van der Waals surface area contributed by atoms with Gasteiger partial charge in [-0.1, -0.05) is 31.2 Å². The first-order valence-electron chi connectivity index (χ1n) is 12.8. The summed E-state index contributed by atoms with van der Waals surface area (Å²) in [5.41, 5.74) is 3.41. The molecule has 0 fully saturated rings. The molecule has 2 aromatic carbocycles. The van der Waals surface area contributed by atoms with Crippen molar-refractivity contribution in [3.63, 3.8) is 0 Å². The van der Waals surface area contributed by atoms with Gasteiger partial charge in [-0.2, -0.15) is 18.3 Å². The summed E-state index contributed by atoms with van der Waals surface area (Å²) in [7, 11) is 1.19. The van der Waals surface area contributed by atoms with Gasteiger partial charge in [0.25, 0.3) is 11.8 Å². The maximum atomic E-state index is 13.7. The third-order valence-corrected chi connectivity index (χ3v) is 6.88. The van der Waals surface area contributed by atoms with Crippen LogP contribution < -0.4 is 10.6 Å². The van der Waals surface area contributed by atoms with Gasteiger partial charge < -0.3 is 10.6 Å². The lowest BCUT2D eigenvalue weighted by Gasteiger charge is -2.14. The van der Waals surface area contributed by atoms with Crippen LogP contribution in [0.15, 0.2) is 48.8 Å². The van der Waals surface area contributed by atoms with E-state index in [1.807, 2.05) is 6.92 Å². The number of halogens is 4. The molecule has 1 aliphatic carbocycles. The van der Waals surface area contributed by atoms with Crippen molar-refractivity contribution in [1.82, 2.24) is 35.4 Å². The molecular formula is C28H25F4N7O2. The SMILES string of the molecule is CCc1cc(CNC(=O)c2cc(C(=O)N[C@H]3CCc4cc(-c5nc(C(F)(F)F)n(C)n5)ccc43)ncn2)ccc1F. The first-order chi connectivity index (χ1) is 19.5. The van der Waals surface area contributed by atoms with Crippen molar-refractivity contribution in [2.75, 3.05) is 0 Å². The topological polar surface area (TPSA) is 115 Å². The van der Waals surface area contributed by atoms with Gasteiger partial charge in [-0.05, 0) is 53.6 Å². The highest BCUT2D eigenvalue weighted by atomic mass is 19.4. The molecule has 2 N–H and O–H groups in total. The van der Waals surface area contributed by atoms with Gasteiger partial charge in [0.05, 0.1) is 6.04 Å². The zero-order valence-electron chi connectivity index (χ0n) is 22.1. The molecule has 13 heteroatoms. The molecule has 9 nitrogen and oxygen atoms in total. The molecule has 2 aromatic heterocycles. The van der Waals surface area contributed by atoms with Crippen LogP contribution in [0.3, 0.4) is 0 Å². The second-order valence-corrected chi connectivity index (χ2v) is 9.61. The Morgan fingerprint density at radius 2 is 1.80 bits per heavy atom. The monoisotopic (exact) mass is 567 g/mol. The van der Waals surface area contributed by atoms with E-state index in [0.29, 0.717) is 35.1 Å². The number of aromatic nitrogens is 5. The van der Waals surface area contributed by atoms with Crippen LogP contribution in [0.5, 0.6) is 0 Å². The van der Waals surface area contributed by atoms with Crippen molar-refractivity contribution in [1.29, 1.82) is 0 Å². The first kappa shape index (κ1) is 27.9. The summed E-state index contributed by atoms with van der Waals surface area (Å²) in [6, 6.07) is 10.7. The Hall–Kier alpha value is -4.68. The highest BCUT2D eigenvalue weighted by Gasteiger charge is 2.37. The lowest BCUT2D eigenvalue weighted by Crippen LogP contribution is -2.29. The van der Waals surface area contributed by atoms with Crippen LogP contribution in [0, 0.1) is 5.82 Å². The number of hydrogen-bond donors (Lipinski definition) is 2. The van der Waals surface area contributed by atoms with Gasteiger partial charge in [0.1, 0.15) is 23.5 Å². The molecule has 2 amide bonds. The third kappa shape index (κ3) is 5.93. The summed E-state index contributed by atoms with van der Waals surface area (Å²) in [5.74, 6) is -2.44. The normalized spacial score (nSPS) is 14.5. The number of fused-ring (bicyclic) bond motifs is 1. The molecule has 0 unspecified atom stereocenters. The second-order valence-electron chi connectivity index (χ2n) is 9.61. The minimum absolute atomic E-state index is 0.000489. The lowest BCUT2D eigenvalue weighted by atomic mass is 10.0. The molecule has 4 aromatic rings. The molecule has 1 aliphatic rings. The summed E-state index contributed by atoms with van der Waals surface area (Å²) < 4.78 is 53.8. The van der Waals surface area contributed by atoms with Crippen molar-refractivity contribution >= 4 is 11.8 Å². The quantitative estimate of drug-likeness (QED) is 0.321. The summed E-state index contributed by atoms with van der Waals surface area (Å²) >= 11 is 0. The number of nitrogens with zero attached hydrogens (tertiary/aromatic N) is 5. The summed E-state index contributed by atoms with van der Waals surface area (Å²) in [5, 5.41) is 9.52. The Morgan fingerprint density at radius 3 is 2.51 bits per heavy atom. The van der Waals surface area contributed by atoms with Crippen molar-refractivity contribution in [2.45, 2.75) is 44.9 Å². The predicted molar refractivity (Wildman–Crippen MR) is 139 cm³/mol. The summed E-state index contributed by atoms with van der Waals surface area (Å²) in [6.45, 7) is 2.00. The highest BCUT2D eigenvalue weighted by Crippen LogP contribution is 2.35. The fourth-order valence-electron chi connectivity index (χ4n) is 4.78. The zero-order valence-corrected chi connectivity index (χ0v) is 22.1. The molecule has 0 aliphatic heterocycles. The maximum Gasteiger partial charge on any atom is 0.451 e. The van der Waals surface area contributed by atoms with Crippen molar-refractivity contribution in [3.8, 4) is 11.4 Å². The number of nitrogens with one attached hydrogen (secondary N) is 2. The smallest absolute Gasteiger partial charge is 0.347 e. The fraction of sp³-hybridized carbons (Fsp3) is 0.286. The number of carbonyl (C=O) groups is 2. The Bertz CT molecular complexity index is 1630. The van der Waals surface area contributed by atoms with Crippen LogP contribution in [0.25, 0.3) is 11.4 Å². The van der Waals surface area contributed by atoms with Crippen molar-refractivity contribution < 1.29 is 27.2 Å². The largest absolute Gasteiger partial charge is 0.451 e. The van der Waals surface area contributed by atoms with Crippen LogP contribution in [-0.2, 0) is 32.6 Å². The van der Waals surface area contributed by atoms with Gasteiger partial charge in [0.2, 0.25) is 5.82 Å².